The minimum Gasteiger partial charge on any atom is -0.497 e. The molecule has 0 aliphatic rings. The number of nitrogens with zero attached hydrogens (tertiary/aromatic N) is 1. The van der Waals surface area contributed by atoms with Gasteiger partial charge >= 0.3 is 0 Å². The number of nitrogens with one attached hydrogen (secondary N) is 2. The van der Waals surface area contributed by atoms with Crippen molar-refractivity contribution < 1.29 is 17.6 Å². The molecule has 7 nitrogen and oxygen atoms in total. The zero-order valence-electron chi connectivity index (χ0n) is 14.4. The van der Waals surface area contributed by atoms with Crippen LogP contribution in [0.5, 0.6) is 5.75 Å². The average molecular weight is 373 g/mol. The predicted molar refractivity (Wildman–Crippen MR) is 98.8 cm³/mol. The van der Waals surface area contributed by atoms with Gasteiger partial charge in [0.15, 0.2) is 0 Å². The number of benzene rings is 1. The summed E-state index contributed by atoms with van der Waals surface area (Å²) >= 11 is 0. The summed E-state index contributed by atoms with van der Waals surface area (Å²) in [6.45, 7) is 2.23. The molecule has 2 N–H and O–H groups in total. The van der Waals surface area contributed by atoms with Crippen molar-refractivity contribution in [3.8, 4) is 5.75 Å². The molecule has 8 heteroatoms. The number of furan rings is 1. The van der Waals surface area contributed by atoms with Crippen molar-refractivity contribution in [2.24, 2.45) is 0 Å². The number of ether oxygens (including phenoxy) is 1. The number of rotatable bonds is 7. The maximum absolute atomic E-state index is 12.6. The lowest BCUT2D eigenvalue weighted by Gasteiger charge is -2.11. The van der Waals surface area contributed by atoms with Gasteiger partial charge in [-0.15, -0.1) is 0 Å². The Kier molecular flexibility index (Phi) is 5.13. The van der Waals surface area contributed by atoms with Gasteiger partial charge in [-0.1, -0.05) is 0 Å². The summed E-state index contributed by atoms with van der Waals surface area (Å²) in [7, 11) is -2.20. The van der Waals surface area contributed by atoms with Crippen molar-refractivity contribution in [2.75, 3.05) is 17.1 Å². The lowest BCUT2D eigenvalue weighted by Crippen LogP contribution is -2.15. The maximum atomic E-state index is 12.6. The fourth-order valence-corrected chi connectivity index (χ4v) is 3.64. The summed E-state index contributed by atoms with van der Waals surface area (Å²) in [5.41, 5.74) is 1.35. The minimum absolute atomic E-state index is 0.181. The van der Waals surface area contributed by atoms with Crippen molar-refractivity contribution in [3.63, 3.8) is 0 Å². The number of hydrogen-bond acceptors (Lipinski definition) is 6. The van der Waals surface area contributed by atoms with E-state index in [1.54, 1.807) is 43.6 Å². The SMILES string of the molecule is COc1ccc(S(=O)(=O)Nc2ccc(NCc3ccco3)cn2)c(C)c1. The van der Waals surface area contributed by atoms with Gasteiger partial charge in [-0.05, 0) is 55.0 Å². The second-order valence-electron chi connectivity index (χ2n) is 5.60. The van der Waals surface area contributed by atoms with Gasteiger partial charge in [0.25, 0.3) is 10.0 Å². The number of aryl methyl sites for hydroxylation is 1. The van der Waals surface area contributed by atoms with Crippen molar-refractivity contribution in [1.29, 1.82) is 0 Å². The third-order valence-electron chi connectivity index (χ3n) is 3.72. The monoisotopic (exact) mass is 373 g/mol. The first-order valence-corrected chi connectivity index (χ1v) is 9.36. The molecule has 0 aliphatic carbocycles. The molecule has 0 spiro atoms. The molecule has 0 radical (unpaired) electrons. The highest BCUT2D eigenvalue weighted by atomic mass is 32.2. The molecule has 0 fully saturated rings. The summed E-state index contributed by atoms with van der Waals surface area (Å²) in [5, 5.41) is 3.14. The van der Waals surface area contributed by atoms with Crippen LogP contribution in [0.1, 0.15) is 11.3 Å². The molecule has 0 amide bonds. The highest BCUT2D eigenvalue weighted by Crippen LogP contribution is 2.23. The lowest BCUT2D eigenvalue weighted by atomic mass is 10.2. The molecule has 3 rings (SSSR count). The number of methoxy groups -OCH3 is 1. The van der Waals surface area contributed by atoms with Crippen LogP contribution in [0.25, 0.3) is 0 Å². The Morgan fingerprint density at radius 2 is 2.04 bits per heavy atom. The first-order chi connectivity index (χ1) is 12.5. The van der Waals surface area contributed by atoms with Crippen LogP contribution in [-0.4, -0.2) is 20.5 Å². The zero-order chi connectivity index (χ0) is 18.6. The molecule has 0 bridgehead atoms. The van der Waals surface area contributed by atoms with Crippen LogP contribution in [0.2, 0.25) is 0 Å². The molecule has 1 aromatic carbocycles. The average Bonchev–Trinajstić information content (AvgIpc) is 3.14. The van der Waals surface area contributed by atoms with Gasteiger partial charge in [-0.2, -0.15) is 0 Å². The van der Waals surface area contributed by atoms with Crippen molar-refractivity contribution in [3.05, 3.63) is 66.2 Å². The van der Waals surface area contributed by atoms with Gasteiger partial charge in [-0.3, -0.25) is 4.72 Å². The van der Waals surface area contributed by atoms with Crippen LogP contribution >= 0.6 is 0 Å². The quantitative estimate of drug-likeness (QED) is 0.659. The normalized spacial score (nSPS) is 11.2. The molecule has 0 saturated heterocycles. The Balaban J connectivity index is 1.69. The fraction of sp³-hybridized carbons (Fsp3) is 0.167. The van der Waals surface area contributed by atoms with Crippen LogP contribution in [0.15, 0.2) is 64.2 Å². The van der Waals surface area contributed by atoms with Crippen molar-refractivity contribution in [1.82, 2.24) is 4.98 Å². The Bertz CT molecular complexity index is 968. The Morgan fingerprint density at radius 1 is 1.19 bits per heavy atom. The fourth-order valence-electron chi connectivity index (χ4n) is 2.40. The first kappa shape index (κ1) is 17.8. The van der Waals surface area contributed by atoms with Gasteiger partial charge in [-0.25, -0.2) is 13.4 Å². The minimum atomic E-state index is -3.73. The van der Waals surface area contributed by atoms with Crippen LogP contribution in [0, 0.1) is 6.92 Å². The molecule has 2 heterocycles. The maximum Gasteiger partial charge on any atom is 0.263 e. The number of hydrogen-bond donors (Lipinski definition) is 2. The van der Waals surface area contributed by atoms with E-state index in [4.69, 9.17) is 9.15 Å². The van der Waals surface area contributed by atoms with E-state index < -0.39 is 10.0 Å². The number of sulfonamides is 1. The Hall–Kier alpha value is -3.00. The van der Waals surface area contributed by atoms with Gasteiger partial charge in [0.1, 0.15) is 17.3 Å². The predicted octanol–water partition coefficient (Wildman–Crippen LogP) is 3.40. The molecular weight excluding hydrogens is 354 g/mol. The molecule has 0 aliphatic heterocycles. The van der Waals surface area contributed by atoms with Crippen LogP contribution in [0.4, 0.5) is 11.5 Å². The van der Waals surface area contributed by atoms with E-state index in [2.05, 4.69) is 15.0 Å². The molecule has 2 aromatic heterocycles. The van der Waals surface area contributed by atoms with E-state index in [0.29, 0.717) is 17.9 Å². The molecule has 3 aromatic rings. The highest BCUT2D eigenvalue weighted by Gasteiger charge is 2.18. The van der Waals surface area contributed by atoms with Crippen molar-refractivity contribution >= 4 is 21.5 Å². The van der Waals surface area contributed by atoms with Gasteiger partial charge in [0, 0.05) is 0 Å². The van der Waals surface area contributed by atoms with Gasteiger partial charge < -0.3 is 14.5 Å². The number of anilines is 2. The lowest BCUT2D eigenvalue weighted by molar-refractivity contribution is 0.414. The standard InChI is InChI=1S/C18H19N3O4S/c1-13-10-15(24-2)6-7-17(13)26(22,23)21-18-8-5-14(11-20-18)19-12-16-4-3-9-25-16/h3-11,19H,12H2,1-2H3,(H,20,21). The first-order valence-electron chi connectivity index (χ1n) is 7.88. The largest absolute Gasteiger partial charge is 0.497 e. The molecule has 0 unspecified atom stereocenters. The van der Waals surface area contributed by atoms with E-state index >= 15 is 0 Å². The third kappa shape index (κ3) is 4.15. The zero-order valence-corrected chi connectivity index (χ0v) is 15.2. The van der Waals surface area contributed by atoms with Gasteiger partial charge in [0.2, 0.25) is 0 Å². The summed E-state index contributed by atoms with van der Waals surface area (Å²) in [5.74, 6) is 1.64. The van der Waals surface area contributed by atoms with E-state index in [1.807, 2.05) is 12.1 Å². The second-order valence-corrected chi connectivity index (χ2v) is 7.25. The smallest absolute Gasteiger partial charge is 0.263 e. The van der Waals surface area contributed by atoms with Gasteiger partial charge in [0.05, 0.1) is 36.7 Å². The summed E-state index contributed by atoms with van der Waals surface area (Å²) < 4.78 is 38.0. The summed E-state index contributed by atoms with van der Waals surface area (Å²) in [6.07, 6.45) is 3.16. The number of pyridine rings is 1. The Morgan fingerprint density at radius 3 is 2.65 bits per heavy atom. The molecule has 136 valence electrons. The molecule has 0 atom stereocenters. The third-order valence-corrected chi connectivity index (χ3v) is 5.24. The highest BCUT2D eigenvalue weighted by molar-refractivity contribution is 7.92. The Labute approximate surface area is 152 Å². The van der Waals surface area contributed by atoms with E-state index in [9.17, 15) is 8.42 Å². The molecular formula is C18H19N3O4S. The van der Waals surface area contributed by atoms with Crippen LogP contribution in [0.3, 0.4) is 0 Å². The van der Waals surface area contributed by atoms with E-state index in [0.717, 1.165) is 11.4 Å². The molecule has 0 saturated carbocycles. The summed E-state index contributed by atoms with van der Waals surface area (Å²) in [4.78, 5) is 4.33. The second kappa shape index (κ2) is 7.49. The number of aromatic nitrogens is 1. The van der Waals surface area contributed by atoms with Crippen LogP contribution < -0.4 is 14.8 Å². The van der Waals surface area contributed by atoms with E-state index in [-0.39, 0.29) is 10.7 Å². The van der Waals surface area contributed by atoms with Crippen molar-refractivity contribution in [2.45, 2.75) is 18.4 Å². The van der Waals surface area contributed by atoms with E-state index in [1.165, 1.54) is 13.2 Å². The molecule has 26 heavy (non-hydrogen) atoms. The topological polar surface area (TPSA) is 93.5 Å². The summed E-state index contributed by atoms with van der Waals surface area (Å²) in [6, 6.07) is 11.8. The van der Waals surface area contributed by atoms with Crippen LogP contribution in [-0.2, 0) is 16.6 Å².